The lowest BCUT2D eigenvalue weighted by molar-refractivity contribution is -0.119. The molecule has 0 radical (unpaired) electrons. The third kappa shape index (κ3) is 3.93. The van der Waals surface area contributed by atoms with Crippen LogP contribution in [0.1, 0.15) is 36.4 Å². The summed E-state index contributed by atoms with van der Waals surface area (Å²) in [4.78, 5) is 23.8. The van der Waals surface area contributed by atoms with Crippen molar-refractivity contribution in [3.8, 4) is 0 Å². The number of anilines is 3. The summed E-state index contributed by atoms with van der Waals surface area (Å²) in [6.45, 7) is 0.296. The lowest BCUT2D eigenvalue weighted by Gasteiger charge is -2.24. The number of aliphatic hydroxyl groups is 1. The molecule has 168 valence electrons. The van der Waals surface area contributed by atoms with Crippen LogP contribution in [-0.4, -0.2) is 59.4 Å². The molecular formula is C23H24N8O2. The molecule has 2 fully saturated rings. The van der Waals surface area contributed by atoms with Gasteiger partial charge in [-0.2, -0.15) is 10.1 Å². The highest BCUT2D eigenvalue weighted by molar-refractivity contribution is 5.89. The van der Waals surface area contributed by atoms with Crippen LogP contribution in [-0.2, 0) is 11.2 Å². The molecule has 2 aliphatic rings. The molecule has 1 saturated heterocycles. The first-order valence-electron chi connectivity index (χ1n) is 11.2. The first kappa shape index (κ1) is 19.9. The maximum absolute atomic E-state index is 13.1. The fraction of sp³-hybridized carbons (Fsp3) is 0.348. The number of Topliss-reactive ketones (excluding diaryl/α,β-unsaturated/α-hetero) is 1. The van der Waals surface area contributed by atoms with Crippen molar-refractivity contribution in [2.75, 3.05) is 16.8 Å². The highest BCUT2D eigenvalue weighted by atomic mass is 16.3. The van der Waals surface area contributed by atoms with Crippen LogP contribution in [0.5, 0.6) is 0 Å². The molecule has 0 bridgehead atoms. The number of nitrogens with zero attached hydrogens (tertiary/aromatic N) is 6. The number of aromatic nitrogens is 6. The molecule has 0 amide bonds. The van der Waals surface area contributed by atoms with Crippen LogP contribution in [0.2, 0.25) is 0 Å². The number of ketones is 1. The van der Waals surface area contributed by atoms with E-state index in [1.54, 1.807) is 21.8 Å². The molecule has 5 heterocycles. The van der Waals surface area contributed by atoms with E-state index in [0.717, 1.165) is 16.8 Å². The van der Waals surface area contributed by atoms with Gasteiger partial charge in [0.2, 0.25) is 5.95 Å². The molecule has 3 N–H and O–H groups in total. The molecule has 4 aromatic heterocycles. The second-order valence-corrected chi connectivity index (χ2v) is 8.77. The van der Waals surface area contributed by atoms with Crippen LogP contribution in [0, 0.1) is 0 Å². The summed E-state index contributed by atoms with van der Waals surface area (Å²) in [6.07, 6.45) is 7.56. The average molecular weight is 444 g/mol. The number of H-pyrrole nitrogens is 1. The molecule has 6 rings (SSSR count). The van der Waals surface area contributed by atoms with Gasteiger partial charge in [0.1, 0.15) is 5.52 Å². The number of nitrogens with one attached hydrogen (secondary N) is 2. The van der Waals surface area contributed by atoms with Crippen molar-refractivity contribution in [1.82, 2.24) is 29.8 Å². The van der Waals surface area contributed by atoms with Gasteiger partial charge in [-0.05, 0) is 36.6 Å². The Labute approximate surface area is 189 Å². The Balaban J connectivity index is 1.30. The van der Waals surface area contributed by atoms with Gasteiger partial charge in [-0.15, -0.1) is 5.10 Å². The van der Waals surface area contributed by atoms with Gasteiger partial charge >= 0.3 is 0 Å². The molecule has 10 heteroatoms. The van der Waals surface area contributed by atoms with Crippen molar-refractivity contribution in [1.29, 1.82) is 0 Å². The van der Waals surface area contributed by atoms with E-state index in [4.69, 9.17) is 4.98 Å². The topological polar surface area (TPSA) is 124 Å². The predicted octanol–water partition coefficient (Wildman–Crippen LogP) is 2.22. The smallest absolute Gasteiger partial charge is 0.246 e. The number of hydrogen-bond donors (Lipinski definition) is 3. The minimum Gasteiger partial charge on any atom is -0.391 e. The number of hydrogen-bond acceptors (Lipinski definition) is 8. The van der Waals surface area contributed by atoms with Gasteiger partial charge in [-0.25, -0.2) is 4.52 Å². The number of fused-ring (bicyclic) bond motifs is 1. The van der Waals surface area contributed by atoms with E-state index in [0.29, 0.717) is 36.5 Å². The zero-order chi connectivity index (χ0) is 22.4. The SMILES string of the molecule is O=C(Cc1cccnc1)[C@@H]1C[C@H](O)CN1c1nc(Nc2cc(C3CC3)[nH]n2)c2cccn2n1. The summed E-state index contributed by atoms with van der Waals surface area (Å²) in [5.74, 6) is 2.25. The minimum atomic E-state index is -0.624. The zero-order valence-corrected chi connectivity index (χ0v) is 17.9. The molecule has 4 aromatic rings. The Kier molecular flexibility index (Phi) is 4.79. The Morgan fingerprint density at radius 2 is 2.18 bits per heavy atom. The number of carbonyl (C=O) groups is 1. The van der Waals surface area contributed by atoms with E-state index in [1.165, 1.54) is 12.8 Å². The van der Waals surface area contributed by atoms with Gasteiger partial charge < -0.3 is 15.3 Å². The fourth-order valence-electron chi connectivity index (χ4n) is 4.42. The average Bonchev–Trinajstić information content (AvgIpc) is 3.20. The Bertz CT molecular complexity index is 1300. The summed E-state index contributed by atoms with van der Waals surface area (Å²) in [5, 5.41) is 25.8. The lowest BCUT2D eigenvalue weighted by atomic mass is 10.0. The van der Waals surface area contributed by atoms with Crippen molar-refractivity contribution >= 4 is 28.9 Å². The fourth-order valence-corrected chi connectivity index (χ4v) is 4.42. The third-order valence-electron chi connectivity index (χ3n) is 6.25. The molecule has 33 heavy (non-hydrogen) atoms. The van der Waals surface area contributed by atoms with Crippen LogP contribution in [0.15, 0.2) is 48.9 Å². The standard InChI is InChI=1S/C23H24N8O2/c32-16-10-19(20(33)9-14-3-1-7-24-12-14)30(13-16)23-26-22(18-4-2-8-31(18)29-23)25-21-11-17(27-28-21)15-5-6-15/h1-4,7-8,11-12,15-16,19,32H,5-6,9-10,13H2,(H2,25,26,27,28,29)/t16-,19-/m0/s1. The Morgan fingerprint density at radius 3 is 3.00 bits per heavy atom. The monoisotopic (exact) mass is 444 g/mol. The van der Waals surface area contributed by atoms with Crippen LogP contribution < -0.4 is 10.2 Å². The van der Waals surface area contributed by atoms with Crippen molar-refractivity contribution in [2.45, 2.75) is 43.7 Å². The van der Waals surface area contributed by atoms with Gasteiger partial charge in [0.25, 0.3) is 0 Å². The summed E-state index contributed by atoms with van der Waals surface area (Å²) in [6, 6.07) is 9.01. The Morgan fingerprint density at radius 1 is 1.27 bits per heavy atom. The molecule has 0 unspecified atom stereocenters. The van der Waals surface area contributed by atoms with Crippen LogP contribution in [0.3, 0.4) is 0 Å². The van der Waals surface area contributed by atoms with Crippen LogP contribution in [0.25, 0.3) is 5.52 Å². The van der Waals surface area contributed by atoms with E-state index in [-0.39, 0.29) is 12.2 Å². The second kappa shape index (κ2) is 7.96. The summed E-state index contributed by atoms with van der Waals surface area (Å²) in [7, 11) is 0. The first-order valence-corrected chi connectivity index (χ1v) is 11.2. The predicted molar refractivity (Wildman–Crippen MR) is 122 cm³/mol. The number of aliphatic hydroxyl groups excluding tert-OH is 1. The molecular weight excluding hydrogens is 420 g/mol. The maximum atomic E-state index is 13.1. The normalized spacial score (nSPS) is 20.5. The van der Waals surface area contributed by atoms with Gasteiger partial charge in [-0.1, -0.05) is 6.07 Å². The number of aromatic amines is 1. The second-order valence-electron chi connectivity index (χ2n) is 8.77. The quantitative estimate of drug-likeness (QED) is 0.396. The van der Waals surface area contributed by atoms with Crippen molar-refractivity contribution in [3.63, 3.8) is 0 Å². The highest BCUT2D eigenvalue weighted by Crippen LogP contribution is 2.39. The highest BCUT2D eigenvalue weighted by Gasteiger charge is 2.38. The van der Waals surface area contributed by atoms with E-state index in [1.807, 2.05) is 36.5 Å². The summed E-state index contributed by atoms with van der Waals surface area (Å²) in [5.41, 5.74) is 2.77. The van der Waals surface area contributed by atoms with Crippen LogP contribution in [0.4, 0.5) is 17.6 Å². The Hall–Kier alpha value is -3.79. The largest absolute Gasteiger partial charge is 0.391 e. The summed E-state index contributed by atoms with van der Waals surface area (Å²) < 4.78 is 1.73. The van der Waals surface area contributed by atoms with E-state index >= 15 is 0 Å². The zero-order valence-electron chi connectivity index (χ0n) is 17.9. The molecule has 0 spiro atoms. The van der Waals surface area contributed by atoms with Gasteiger partial charge in [0, 0.05) is 55.7 Å². The molecule has 1 aliphatic heterocycles. The molecule has 2 atom stereocenters. The van der Waals surface area contributed by atoms with Crippen molar-refractivity contribution < 1.29 is 9.90 Å². The molecule has 0 aromatic carbocycles. The van der Waals surface area contributed by atoms with Crippen LogP contribution >= 0.6 is 0 Å². The van der Waals surface area contributed by atoms with E-state index in [2.05, 4.69) is 25.6 Å². The minimum absolute atomic E-state index is 0.00615. The lowest BCUT2D eigenvalue weighted by Crippen LogP contribution is -2.38. The van der Waals surface area contributed by atoms with Gasteiger partial charge in [-0.3, -0.25) is 14.9 Å². The van der Waals surface area contributed by atoms with Gasteiger partial charge in [0.15, 0.2) is 17.4 Å². The first-order chi connectivity index (χ1) is 16.1. The van der Waals surface area contributed by atoms with Crippen molar-refractivity contribution in [3.05, 3.63) is 60.2 Å². The molecule has 10 nitrogen and oxygen atoms in total. The maximum Gasteiger partial charge on any atom is 0.246 e. The van der Waals surface area contributed by atoms with E-state index < -0.39 is 12.1 Å². The third-order valence-corrected chi connectivity index (χ3v) is 6.25. The molecule has 1 aliphatic carbocycles. The number of carbonyl (C=O) groups excluding carboxylic acids is 1. The summed E-state index contributed by atoms with van der Waals surface area (Å²) >= 11 is 0. The number of rotatable bonds is 7. The molecule has 1 saturated carbocycles. The van der Waals surface area contributed by atoms with E-state index in [9.17, 15) is 9.90 Å². The van der Waals surface area contributed by atoms with Gasteiger partial charge in [0.05, 0.1) is 12.1 Å². The number of β-amino-alcohol motifs (C(OH)–C–C–N with tert-alkyl or cyclic N) is 1. The number of pyridine rings is 1. The van der Waals surface area contributed by atoms with Crippen molar-refractivity contribution in [2.24, 2.45) is 0 Å².